The third-order valence-electron chi connectivity index (χ3n) is 4.66. The van der Waals surface area contributed by atoms with Gasteiger partial charge in [0.2, 0.25) is 0 Å². The largest absolute Gasteiger partial charge is 0.326 e. The summed E-state index contributed by atoms with van der Waals surface area (Å²) >= 11 is 0. The molecule has 0 radical (unpaired) electrons. The Labute approximate surface area is 105 Å². The minimum Gasteiger partial charge on any atom is -0.311 e. The van der Waals surface area contributed by atoms with E-state index < -0.39 is 0 Å². The second-order valence-corrected chi connectivity index (χ2v) is 5.66. The van der Waals surface area contributed by atoms with E-state index in [1.165, 1.54) is 24.8 Å². The SMILES string of the molecule is Cn1c(=O)[nH]c2ccc(C3CC4CCC3N4)cc21. The van der Waals surface area contributed by atoms with Gasteiger partial charge in [-0.25, -0.2) is 4.79 Å². The van der Waals surface area contributed by atoms with Crippen molar-refractivity contribution in [3.63, 3.8) is 0 Å². The Kier molecular flexibility index (Phi) is 2.01. The molecule has 0 spiro atoms. The summed E-state index contributed by atoms with van der Waals surface area (Å²) in [6.07, 6.45) is 3.86. The number of nitrogens with zero attached hydrogens (tertiary/aromatic N) is 1. The first-order valence-electron chi connectivity index (χ1n) is 6.67. The molecule has 0 amide bonds. The molecule has 2 aromatic rings. The number of H-pyrrole nitrogens is 1. The molecule has 1 aromatic heterocycles. The van der Waals surface area contributed by atoms with Crippen molar-refractivity contribution in [3.8, 4) is 0 Å². The lowest BCUT2D eigenvalue weighted by molar-refractivity contribution is 0.507. The van der Waals surface area contributed by atoms with Crippen molar-refractivity contribution in [1.29, 1.82) is 0 Å². The van der Waals surface area contributed by atoms with Crippen molar-refractivity contribution >= 4 is 11.0 Å². The number of fused-ring (bicyclic) bond motifs is 3. The van der Waals surface area contributed by atoms with Gasteiger partial charge >= 0.3 is 5.69 Å². The number of aromatic nitrogens is 2. The molecular formula is C14H17N3O. The van der Waals surface area contributed by atoms with Crippen LogP contribution in [0.2, 0.25) is 0 Å². The van der Waals surface area contributed by atoms with Crippen molar-refractivity contribution in [2.75, 3.05) is 0 Å². The zero-order valence-electron chi connectivity index (χ0n) is 10.4. The van der Waals surface area contributed by atoms with E-state index in [-0.39, 0.29) is 5.69 Å². The predicted molar refractivity (Wildman–Crippen MR) is 70.8 cm³/mol. The zero-order valence-corrected chi connectivity index (χ0v) is 10.4. The van der Waals surface area contributed by atoms with Gasteiger partial charge < -0.3 is 10.3 Å². The Balaban J connectivity index is 1.81. The summed E-state index contributed by atoms with van der Waals surface area (Å²) in [5, 5.41) is 3.67. The van der Waals surface area contributed by atoms with Crippen LogP contribution in [0.1, 0.15) is 30.7 Å². The molecular weight excluding hydrogens is 226 g/mol. The summed E-state index contributed by atoms with van der Waals surface area (Å²) in [4.78, 5) is 14.5. The number of nitrogens with one attached hydrogen (secondary N) is 2. The maximum atomic E-state index is 11.6. The minimum atomic E-state index is -0.0341. The topological polar surface area (TPSA) is 49.8 Å². The third kappa shape index (κ3) is 1.32. The average molecular weight is 243 g/mol. The molecule has 0 saturated carbocycles. The Morgan fingerprint density at radius 1 is 1.33 bits per heavy atom. The quantitative estimate of drug-likeness (QED) is 0.797. The number of aromatic amines is 1. The molecule has 4 rings (SSSR count). The van der Waals surface area contributed by atoms with Crippen LogP contribution in [0.5, 0.6) is 0 Å². The molecule has 2 aliphatic heterocycles. The van der Waals surface area contributed by atoms with Gasteiger partial charge in [0.05, 0.1) is 11.0 Å². The van der Waals surface area contributed by atoms with Crippen LogP contribution in [0.15, 0.2) is 23.0 Å². The van der Waals surface area contributed by atoms with Gasteiger partial charge in [-0.15, -0.1) is 0 Å². The van der Waals surface area contributed by atoms with Crippen LogP contribution in [-0.2, 0) is 7.05 Å². The molecule has 0 aliphatic carbocycles. The second-order valence-electron chi connectivity index (χ2n) is 5.66. The number of hydrogen-bond donors (Lipinski definition) is 2. The van der Waals surface area contributed by atoms with E-state index in [1.54, 1.807) is 4.57 Å². The van der Waals surface area contributed by atoms with E-state index in [0.717, 1.165) is 11.0 Å². The van der Waals surface area contributed by atoms with Gasteiger partial charge in [-0.1, -0.05) is 6.07 Å². The highest BCUT2D eigenvalue weighted by Crippen LogP contribution is 2.40. The molecule has 2 aliphatic rings. The van der Waals surface area contributed by atoms with E-state index in [1.807, 2.05) is 13.1 Å². The van der Waals surface area contributed by atoms with Crippen LogP contribution in [0.4, 0.5) is 0 Å². The molecule has 4 heteroatoms. The van der Waals surface area contributed by atoms with Crippen molar-refractivity contribution in [2.24, 2.45) is 7.05 Å². The molecule has 4 nitrogen and oxygen atoms in total. The average Bonchev–Trinajstić information content (AvgIpc) is 3.06. The Morgan fingerprint density at radius 3 is 2.94 bits per heavy atom. The van der Waals surface area contributed by atoms with Gasteiger partial charge in [-0.2, -0.15) is 0 Å². The highest BCUT2D eigenvalue weighted by molar-refractivity contribution is 5.76. The molecule has 3 heterocycles. The van der Waals surface area contributed by atoms with Gasteiger partial charge in [0.25, 0.3) is 0 Å². The highest BCUT2D eigenvalue weighted by Gasteiger charge is 2.39. The standard InChI is InChI=1S/C14H17N3O/c1-17-13-6-8(2-4-12(13)16-14(17)18)10-7-9-3-5-11(10)15-9/h2,4,6,9-11,15H,3,5,7H2,1H3,(H,16,18). The molecule has 18 heavy (non-hydrogen) atoms. The Hall–Kier alpha value is -1.55. The number of imidazole rings is 1. The van der Waals surface area contributed by atoms with E-state index in [0.29, 0.717) is 18.0 Å². The fourth-order valence-electron chi connectivity index (χ4n) is 3.66. The summed E-state index contributed by atoms with van der Waals surface area (Å²) < 4.78 is 1.69. The van der Waals surface area contributed by atoms with Crippen LogP contribution < -0.4 is 11.0 Å². The van der Waals surface area contributed by atoms with E-state index in [9.17, 15) is 4.79 Å². The summed E-state index contributed by atoms with van der Waals surface area (Å²) in [6.45, 7) is 0. The van der Waals surface area contributed by atoms with E-state index in [2.05, 4.69) is 22.4 Å². The van der Waals surface area contributed by atoms with Crippen LogP contribution >= 0.6 is 0 Å². The first-order valence-corrected chi connectivity index (χ1v) is 6.67. The third-order valence-corrected chi connectivity index (χ3v) is 4.66. The summed E-state index contributed by atoms with van der Waals surface area (Å²) in [5.41, 5.74) is 3.28. The van der Waals surface area contributed by atoms with Crippen LogP contribution in [-0.4, -0.2) is 21.6 Å². The van der Waals surface area contributed by atoms with E-state index >= 15 is 0 Å². The van der Waals surface area contributed by atoms with Gasteiger partial charge in [-0.3, -0.25) is 4.57 Å². The normalized spacial score (nSPS) is 30.4. The van der Waals surface area contributed by atoms with Crippen LogP contribution in [0, 0.1) is 0 Å². The molecule has 2 saturated heterocycles. The Morgan fingerprint density at radius 2 is 2.22 bits per heavy atom. The molecule has 2 fully saturated rings. The van der Waals surface area contributed by atoms with Crippen molar-refractivity contribution in [2.45, 2.75) is 37.3 Å². The number of rotatable bonds is 1. The molecule has 1 aromatic carbocycles. The highest BCUT2D eigenvalue weighted by atomic mass is 16.1. The summed E-state index contributed by atoms with van der Waals surface area (Å²) in [5.74, 6) is 0.623. The smallest absolute Gasteiger partial charge is 0.311 e. The molecule has 3 unspecified atom stereocenters. The second kappa shape index (κ2) is 3.48. The number of benzene rings is 1. The summed E-state index contributed by atoms with van der Waals surface area (Å²) in [6, 6.07) is 7.75. The van der Waals surface area contributed by atoms with Crippen molar-refractivity contribution < 1.29 is 0 Å². The van der Waals surface area contributed by atoms with Crippen LogP contribution in [0.3, 0.4) is 0 Å². The monoisotopic (exact) mass is 243 g/mol. The molecule has 94 valence electrons. The fraction of sp³-hybridized carbons (Fsp3) is 0.500. The van der Waals surface area contributed by atoms with Crippen molar-refractivity contribution in [1.82, 2.24) is 14.9 Å². The lowest BCUT2D eigenvalue weighted by atomic mass is 9.84. The van der Waals surface area contributed by atoms with Crippen LogP contribution in [0.25, 0.3) is 11.0 Å². The molecule has 2 N–H and O–H groups in total. The predicted octanol–water partition coefficient (Wildman–Crippen LogP) is 1.47. The van der Waals surface area contributed by atoms with Crippen molar-refractivity contribution in [3.05, 3.63) is 34.2 Å². The Bertz CT molecular complexity index is 669. The maximum absolute atomic E-state index is 11.6. The zero-order chi connectivity index (χ0) is 12.3. The maximum Gasteiger partial charge on any atom is 0.326 e. The molecule has 3 atom stereocenters. The fourth-order valence-corrected chi connectivity index (χ4v) is 3.66. The lowest BCUT2D eigenvalue weighted by Crippen LogP contribution is -2.21. The first kappa shape index (κ1) is 10.4. The number of hydrogen-bond acceptors (Lipinski definition) is 2. The minimum absolute atomic E-state index is 0.0341. The van der Waals surface area contributed by atoms with Gasteiger partial charge in [0.15, 0.2) is 0 Å². The van der Waals surface area contributed by atoms with E-state index in [4.69, 9.17) is 0 Å². The molecule has 2 bridgehead atoms. The lowest BCUT2D eigenvalue weighted by Gasteiger charge is -2.20. The van der Waals surface area contributed by atoms with Gasteiger partial charge in [-0.05, 0) is 37.0 Å². The number of aryl methyl sites for hydroxylation is 1. The van der Waals surface area contributed by atoms with Gasteiger partial charge in [0, 0.05) is 25.0 Å². The first-order chi connectivity index (χ1) is 8.72. The summed E-state index contributed by atoms with van der Waals surface area (Å²) in [7, 11) is 1.82. The van der Waals surface area contributed by atoms with Gasteiger partial charge in [0.1, 0.15) is 0 Å².